The largest absolute Gasteiger partial charge is 0.296 e. The standard InChI is InChI=1S/C8H8BrNOS/c1-6(11)10-12-8-4-2-7(9)3-5-8/h2-5H,1H3,(H,10,11). The molecule has 0 aliphatic rings. The Morgan fingerprint density at radius 2 is 2.00 bits per heavy atom. The molecule has 0 aromatic heterocycles. The third-order valence-corrected chi connectivity index (χ3v) is 2.55. The zero-order valence-corrected chi connectivity index (χ0v) is 8.91. The molecule has 0 fully saturated rings. The minimum absolute atomic E-state index is 0.0390. The Hall–Kier alpha value is -0.480. The van der Waals surface area contributed by atoms with Gasteiger partial charge in [0.1, 0.15) is 0 Å². The highest BCUT2D eigenvalue weighted by atomic mass is 79.9. The molecule has 64 valence electrons. The molecule has 2 nitrogen and oxygen atoms in total. The molecule has 1 aromatic rings. The van der Waals surface area contributed by atoms with Crippen molar-refractivity contribution >= 4 is 33.8 Å². The lowest BCUT2D eigenvalue weighted by Crippen LogP contribution is -2.09. The molecule has 0 atom stereocenters. The van der Waals surface area contributed by atoms with Gasteiger partial charge in [-0.1, -0.05) is 15.9 Å². The summed E-state index contributed by atoms with van der Waals surface area (Å²) in [7, 11) is 0. The summed E-state index contributed by atoms with van der Waals surface area (Å²) in [5, 5.41) is 0. The van der Waals surface area contributed by atoms with E-state index in [4.69, 9.17) is 0 Å². The van der Waals surface area contributed by atoms with Crippen molar-refractivity contribution in [2.24, 2.45) is 0 Å². The van der Waals surface area contributed by atoms with Crippen LogP contribution in [0.5, 0.6) is 0 Å². The van der Waals surface area contributed by atoms with Crippen LogP contribution in [0.3, 0.4) is 0 Å². The van der Waals surface area contributed by atoms with Crippen LogP contribution >= 0.6 is 27.9 Å². The lowest BCUT2D eigenvalue weighted by Gasteiger charge is -1.99. The Balaban J connectivity index is 2.53. The third kappa shape index (κ3) is 3.28. The number of hydrogen-bond acceptors (Lipinski definition) is 2. The number of halogens is 1. The van der Waals surface area contributed by atoms with Gasteiger partial charge in [-0.25, -0.2) is 0 Å². The van der Waals surface area contributed by atoms with Crippen molar-refractivity contribution in [3.8, 4) is 0 Å². The highest BCUT2D eigenvalue weighted by Gasteiger charge is 1.94. The SMILES string of the molecule is CC(=O)NSc1ccc(Br)cc1. The quantitative estimate of drug-likeness (QED) is 0.812. The third-order valence-electron chi connectivity index (χ3n) is 1.13. The van der Waals surface area contributed by atoms with Crippen LogP contribution in [-0.4, -0.2) is 5.91 Å². The fourth-order valence-corrected chi connectivity index (χ4v) is 1.43. The van der Waals surface area contributed by atoms with Gasteiger partial charge in [0.2, 0.25) is 5.91 Å². The van der Waals surface area contributed by atoms with Crippen molar-refractivity contribution in [2.75, 3.05) is 0 Å². The minimum atomic E-state index is -0.0390. The predicted molar refractivity (Wildman–Crippen MR) is 53.8 cm³/mol. The van der Waals surface area contributed by atoms with Crippen LogP contribution in [0.1, 0.15) is 6.92 Å². The van der Waals surface area contributed by atoms with Crippen LogP contribution in [0.15, 0.2) is 33.6 Å². The van der Waals surface area contributed by atoms with Crippen molar-refractivity contribution in [1.82, 2.24) is 4.72 Å². The first kappa shape index (κ1) is 9.61. The number of nitrogens with one attached hydrogen (secondary N) is 1. The van der Waals surface area contributed by atoms with Gasteiger partial charge in [-0.05, 0) is 36.2 Å². The van der Waals surface area contributed by atoms with E-state index in [9.17, 15) is 4.79 Å². The van der Waals surface area contributed by atoms with Gasteiger partial charge in [0.05, 0.1) is 0 Å². The number of carbonyl (C=O) groups excluding carboxylic acids is 1. The molecule has 1 amide bonds. The molecule has 0 spiro atoms. The number of rotatable bonds is 2. The number of benzene rings is 1. The molecule has 0 aliphatic carbocycles. The van der Waals surface area contributed by atoms with Crippen molar-refractivity contribution in [1.29, 1.82) is 0 Å². The number of amides is 1. The van der Waals surface area contributed by atoms with E-state index in [2.05, 4.69) is 20.7 Å². The second-order valence-corrected chi connectivity index (χ2v) is 4.01. The molecule has 1 N–H and O–H groups in total. The van der Waals surface area contributed by atoms with Gasteiger partial charge in [0, 0.05) is 16.3 Å². The van der Waals surface area contributed by atoms with Gasteiger partial charge in [0.15, 0.2) is 0 Å². The smallest absolute Gasteiger partial charge is 0.226 e. The zero-order valence-electron chi connectivity index (χ0n) is 6.50. The van der Waals surface area contributed by atoms with Gasteiger partial charge in [0.25, 0.3) is 0 Å². The number of hydrogen-bond donors (Lipinski definition) is 1. The molecular formula is C8H8BrNOS. The van der Waals surface area contributed by atoms with E-state index >= 15 is 0 Å². The van der Waals surface area contributed by atoms with Gasteiger partial charge < -0.3 is 0 Å². The molecular weight excluding hydrogens is 238 g/mol. The van der Waals surface area contributed by atoms with Crippen molar-refractivity contribution in [2.45, 2.75) is 11.8 Å². The molecule has 1 aromatic carbocycles. The molecule has 0 unspecified atom stereocenters. The van der Waals surface area contributed by atoms with E-state index < -0.39 is 0 Å². The summed E-state index contributed by atoms with van der Waals surface area (Å²) in [4.78, 5) is 11.6. The molecule has 0 heterocycles. The van der Waals surface area contributed by atoms with E-state index in [1.54, 1.807) is 0 Å². The van der Waals surface area contributed by atoms with Crippen LogP contribution in [0.25, 0.3) is 0 Å². The van der Waals surface area contributed by atoms with Gasteiger partial charge >= 0.3 is 0 Å². The minimum Gasteiger partial charge on any atom is -0.296 e. The van der Waals surface area contributed by atoms with E-state index in [1.807, 2.05) is 24.3 Å². The summed E-state index contributed by atoms with van der Waals surface area (Å²) < 4.78 is 3.68. The lowest BCUT2D eigenvalue weighted by molar-refractivity contribution is -0.117. The molecule has 1 rings (SSSR count). The van der Waals surface area contributed by atoms with Crippen LogP contribution in [0.4, 0.5) is 0 Å². The molecule has 0 aliphatic heterocycles. The normalized spacial score (nSPS) is 9.50. The highest BCUT2D eigenvalue weighted by Crippen LogP contribution is 2.17. The van der Waals surface area contributed by atoms with Gasteiger partial charge in [-0.2, -0.15) is 0 Å². The maximum atomic E-state index is 10.5. The molecule has 0 saturated heterocycles. The molecule has 0 saturated carbocycles. The maximum Gasteiger partial charge on any atom is 0.226 e. The summed E-state index contributed by atoms with van der Waals surface area (Å²) in [5.74, 6) is -0.0390. The van der Waals surface area contributed by atoms with Crippen molar-refractivity contribution in [3.63, 3.8) is 0 Å². The molecule has 12 heavy (non-hydrogen) atoms. The Kier molecular flexibility index (Phi) is 3.62. The van der Waals surface area contributed by atoms with E-state index in [-0.39, 0.29) is 5.91 Å². The van der Waals surface area contributed by atoms with Crippen LogP contribution < -0.4 is 4.72 Å². The first-order valence-corrected chi connectivity index (χ1v) is 4.98. The van der Waals surface area contributed by atoms with Gasteiger partial charge in [-0.15, -0.1) is 0 Å². The fraction of sp³-hybridized carbons (Fsp3) is 0.125. The fourth-order valence-electron chi connectivity index (χ4n) is 0.633. The molecule has 0 bridgehead atoms. The summed E-state index contributed by atoms with van der Waals surface area (Å²) in [6, 6.07) is 7.74. The summed E-state index contributed by atoms with van der Waals surface area (Å²) in [6.07, 6.45) is 0. The predicted octanol–water partition coefficient (Wildman–Crippen LogP) is 2.59. The highest BCUT2D eigenvalue weighted by molar-refractivity contribution is 9.10. The van der Waals surface area contributed by atoms with Crippen LogP contribution in [0, 0.1) is 0 Å². The Morgan fingerprint density at radius 3 is 2.50 bits per heavy atom. The van der Waals surface area contributed by atoms with Crippen LogP contribution in [0.2, 0.25) is 0 Å². The Bertz CT molecular complexity index is 273. The second kappa shape index (κ2) is 4.52. The van der Waals surface area contributed by atoms with Gasteiger partial charge in [-0.3, -0.25) is 9.52 Å². The lowest BCUT2D eigenvalue weighted by atomic mass is 10.4. The summed E-state index contributed by atoms with van der Waals surface area (Å²) in [6.45, 7) is 1.49. The monoisotopic (exact) mass is 245 g/mol. The first-order valence-electron chi connectivity index (χ1n) is 3.37. The molecule has 4 heteroatoms. The Morgan fingerprint density at radius 1 is 1.42 bits per heavy atom. The second-order valence-electron chi connectivity index (χ2n) is 2.21. The first-order chi connectivity index (χ1) is 5.68. The van der Waals surface area contributed by atoms with E-state index in [1.165, 1.54) is 18.9 Å². The average molecular weight is 246 g/mol. The van der Waals surface area contributed by atoms with Crippen molar-refractivity contribution in [3.05, 3.63) is 28.7 Å². The number of carbonyl (C=O) groups is 1. The average Bonchev–Trinajstić information content (AvgIpc) is 2.03. The Labute approximate surface area is 84.0 Å². The van der Waals surface area contributed by atoms with Crippen molar-refractivity contribution < 1.29 is 4.79 Å². The summed E-state index contributed by atoms with van der Waals surface area (Å²) in [5.41, 5.74) is 0. The maximum absolute atomic E-state index is 10.5. The van der Waals surface area contributed by atoms with Crippen LogP contribution in [-0.2, 0) is 4.79 Å². The topological polar surface area (TPSA) is 29.1 Å². The van der Waals surface area contributed by atoms with E-state index in [0.717, 1.165) is 9.37 Å². The summed E-state index contributed by atoms with van der Waals surface area (Å²) >= 11 is 4.65. The zero-order chi connectivity index (χ0) is 8.97. The van der Waals surface area contributed by atoms with E-state index in [0.29, 0.717) is 0 Å². The molecule has 0 radical (unpaired) electrons.